The number of carbonyl (C=O) groups excluding carboxylic acids is 1. The normalized spacial score (nSPS) is 10.3. The van der Waals surface area contributed by atoms with Gasteiger partial charge in [-0.15, -0.1) is 0 Å². The van der Waals surface area contributed by atoms with Crippen LogP contribution in [0.5, 0.6) is 0 Å². The van der Waals surface area contributed by atoms with Gasteiger partial charge in [0.05, 0.1) is 18.0 Å². The number of amides is 1. The van der Waals surface area contributed by atoms with Crippen LogP contribution in [0, 0.1) is 14.9 Å². The number of H-pyrrole nitrogens is 1. The Morgan fingerprint density at radius 3 is 2.91 bits per heavy atom. The number of carbonyl (C=O) groups is 1. The van der Waals surface area contributed by atoms with Gasteiger partial charge in [-0.2, -0.15) is 5.10 Å². The largest absolute Gasteiger partial charge is 0.371 e. The van der Waals surface area contributed by atoms with E-state index in [0.717, 1.165) is 0 Å². The Morgan fingerprint density at radius 1 is 1.48 bits per heavy atom. The molecule has 2 aromatic rings. The van der Waals surface area contributed by atoms with Gasteiger partial charge in [0.25, 0.3) is 5.69 Å². The fraction of sp³-hybridized carbons (Fsp3) is 0.308. The second-order valence-electron chi connectivity index (χ2n) is 4.59. The second-order valence-corrected chi connectivity index (χ2v) is 4.98. The molecule has 3 N–H and O–H groups in total. The molecule has 0 atom stereocenters. The number of hydrogen-bond acceptors (Lipinski definition) is 6. The van der Waals surface area contributed by atoms with Crippen LogP contribution in [0.2, 0.25) is 0 Å². The minimum absolute atomic E-state index is 0.0767. The van der Waals surface area contributed by atoms with Crippen molar-refractivity contribution in [2.24, 2.45) is 0 Å². The first kappa shape index (κ1) is 16.6. The summed E-state index contributed by atoms with van der Waals surface area (Å²) in [6, 6.07) is 6.15. The van der Waals surface area contributed by atoms with Crippen molar-refractivity contribution >= 4 is 29.5 Å². The van der Waals surface area contributed by atoms with Crippen LogP contribution in [0.25, 0.3) is 0 Å². The SMILES string of the molecule is CCn1c(CNC(=O)CNc2ccccc2[N+](=O)[O-])n[nH]c1=S. The van der Waals surface area contributed by atoms with Crippen LogP contribution in [0.1, 0.15) is 12.7 Å². The zero-order valence-corrected chi connectivity index (χ0v) is 13.2. The van der Waals surface area contributed by atoms with Crippen molar-refractivity contribution in [2.45, 2.75) is 20.0 Å². The minimum atomic E-state index is -0.501. The van der Waals surface area contributed by atoms with Gasteiger partial charge in [-0.05, 0) is 25.2 Å². The number of benzene rings is 1. The van der Waals surface area contributed by atoms with E-state index in [0.29, 0.717) is 22.8 Å². The molecule has 0 saturated heterocycles. The molecule has 1 amide bonds. The van der Waals surface area contributed by atoms with Crippen LogP contribution in [-0.2, 0) is 17.9 Å². The molecule has 2 rings (SSSR count). The molecule has 9 nitrogen and oxygen atoms in total. The van der Waals surface area contributed by atoms with Crippen molar-refractivity contribution in [3.05, 3.63) is 45.0 Å². The van der Waals surface area contributed by atoms with Crippen LogP contribution >= 0.6 is 12.2 Å². The molecule has 0 unspecified atom stereocenters. The highest BCUT2D eigenvalue weighted by molar-refractivity contribution is 7.71. The molecule has 1 heterocycles. The molecule has 0 aliphatic carbocycles. The summed E-state index contributed by atoms with van der Waals surface area (Å²) in [5.41, 5.74) is 0.219. The zero-order chi connectivity index (χ0) is 16.8. The maximum atomic E-state index is 11.9. The first-order chi connectivity index (χ1) is 11.0. The molecule has 0 aliphatic rings. The predicted octanol–water partition coefficient (Wildman–Crippen LogP) is 1.60. The summed E-state index contributed by atoms with van der Waals surface area (Å²) in [5.74, 6) is 0.316. The number of nitrogens with one attached hydrogen (secondary N) is 3. The average Bonchev–Trinajstić information content (AvgIpc) is 2.91. The van der Waals surface area contributed by atoms with Gasteiger partial charge < -0.3 is 15.2 Å². The van der Waals surface area contributed by atoms with Gasteiger partial charge in [0, 0.05) is 12.6 Å². The van der Waals surface area contributed by atoms with Gasteiger partial charge in [-0.1, -0.05) is 12.1 Å². The number of nitro groups is 1. The van der Waals surface area contributed by atoms with E-state index < -0.39 is 4.92 Å². The molecule has 1 aromatic carbocycles. The van der Waals surface area contributed by atoms with Gasteiger partial charge >= 0.3 is 0 Å². The summed E-state index contributed by atoms with van der Waals surface area (Å²) in [7, 11) is 0. The van der Waals surface area contributed by atoms with Crippen LogP contribution in [0.4, 0.5) is 11.4 Å². The first-order valence-corrected chi connectivity index (χ1v) is 7.31. The molecule has 23 heavy (non-hydrogen) atoms. The van der Waals surface area contributed by atoms with Crippen molar-refractivity contribution in [3.63, 3.8) is 0 Å². The van der Waals surface area contributed by atoms with Crippen molar-refractivity contribution in [3.8, 4) is 0 Å². The Hall–Kier alpha value is -2.75. The number of anilines is 1. The molecule has 1 aromatic heterocycles. The lowest BCUT2D eigenvalue weighted by Crippen LogP contribution is -2.30. The summed E-state index contributed by atoms with van der Waals surface area (Å²) < 4.78 is 2.26. The summed E-state index contributed by atoms with van der Waals surface area (Å²) in [6.45, 7) is 2.71. The average molecular weight is 336 g/mol. The number of nitro benzene ring substituents is 1. The van der Waals surface area contributed by atoms with E-state index >= 15 is 0 Å². The fourth-order valence-corrected chi connectivity index (χ4v) is 2.29. The maximum absolute atomic E-state index is 11.9. The topological polar surface area (TPSA) is 118 Å². The summed E-state index contributed by atoms with van der Waals surface area (Å²) >= 11 is 5.06. The van der Waals surface area contributed by atoms with E-state index in [1.54, 1.807) is 22.8 Å². The second kappa shape index (κ2) is 7.49. The number of rotatable bonds is 7. The van der Waals surface area contributed by atoms with Gasteiger partial charge in [0.2, 0.25) is 5.91 Å². The molecular weight excluding hydrogens is 320 g/mol. The lowest BCUT2D eigenvalue weighted by atomic mass is 10.2. The lowest BCUT2D eigenvalue weighted by molar-refractivity contribution is -0.383. The number of hydrogen-bond donors (Lipinski definition) is 3. The summed E-state index contributed by atoms with van der Waals surface area (Å²) in [6.07, 6.45) is 0. The van der Waals surface area contributed by atoms with Gasteiger partial charge in [-0.3, -0.25) is 20.0 Å². The molecule has 0 spiro atoms. The van der Waals surface area contributed by atoms with Crippen molar-refractivity contribution < 1.29 is 9.72 Å². The summed E-state index contributed by atoms with van der Waals surface area (Å²) in [5, 5.41) is 23.0. The van der Waals surface area contributed by atoms with Crippen molar-refractivity contribution in [1.29, 1.82) is 0 Å². The van der Waals surface area contributed by atoms with E-state index in [1.165, 1.54) is 6.07 Å². The first-order valence-electron chi connectivity index (χ1n) is 6.91. The van der Waals surface area contributed by atoms with Crippen LogP contribution in [0.3, 0.4) is 0 Å². The number of aromatic nitrogens is 3. The fourth-order valence-electron chi connectivity index (χ4n) is 2.01. The third kappa shape index (κ3) is 4.13. The van der Waals surface area contributed by atoms with E-state index in [4.69, 9.17) is 12.2 Å². The van der Waals surface area contributed by atoms with Crippen LogP contribution in [-0.4, -0.2) is 32.1 Å². The lowest BCUT2D eigenvalue weighted by Gasteiger charge is -2.08. The molecular formula is C13H16N6O3S. The predicted molar refractivity (Wildman–Crippen MR) is 86.5 cm³/mol. The maximum Gasteiger partial charge on any atom is 0.292 e. The zero-order valence-electron chi connectivity index (χ0n) is 12.4. The Morgan fingerprint density at radius 2 is 2.22 bits per heavy atom. The quantitative estimate of drug-likeness (QED) is 0.401. The smallest absolute Gasteiger partial charge is 0.292 e. The molecule has 0 aliphatic heterocycles. The van der Waals surface area contributed by atoms with Crippen molar-refractivity contribution in [2.75, 3.05) is 11.9 Å². The molecule has 10 heteroatoms. The standard InChI is InChI=1S/C13H16N6O3S/c1-2-18-11(16-17-13(18)23)7-15-12(20)8-14-9-5-3-4-6-10(9)19(21)22/h3-6,14H,2,7-8H2,1H3,(H,15,20)(H,17,23). The third-order valence-electron chi connectivity index (χ3n) is 3.14. The third-order valence-corrected chi connectivity index (χ3v) is 3.45. The molecule has 122 valence electrons. The Labute approximate surface area is 136 Å². The Balaban J connectivity index is 1.91. The van der Waals surface area contributed by atoms with E-state index in [9.17, 15) is 14.9 Å². The minimum Gasteiger partial charge on any atom is -0.371 e. The van der Waals surface area contributed by atoms with E-state index in [1.807, 2.05) is 6.92 Å². The highest BCUT2D eigenvalue weighted by Crippen LogP contribution is 2.22. The van der Waals surface area contributed by atoms with Crippen LogP contribution < -0.4 is 10.6 Å². The van der Waals surface area contributed by atoms with Crippen LogP contribution in [0.15, 0.2) is 24.3 Å². The van der Waals surface area contributed by atoms with E-state index in [2.05, 4.69) is 20.8 Å². The van der Waals surface area contributed by atoms with Gasteiger partial charge in [0.1, 0.15) is 5.69 Å². The molecule has 0 saturated carbocycles. The van der Waals surface area contributed by atoms with Gasteiger partial charge in [0.15, 0.2) is 10.6 Å². The number of aromatic amines is 1. The Kier molecular flexibility index (Phi) is 5.41. The molecule has 0 radical (unpaired) electrons. The van der Waals surface area contributed by atoms with Gasteiger partial charge in [-0.25, -0.2) is 0 Å². The molecule has 0 fully saturated rings. The number of para-hydroxylation sites is 2. The number of nitrogens with zero attached hydrogens (tertiary/aromatic N) is 3. The van der Waals surface area contributed by atoms with Crippen molar-refractivity contribution in [1.82, 2.24) is 20.1 Å². The monoisotopic (exact) mass is 336 g/mol. The molecule has 0 bridgehead atoms. The van der Waals surface area contributed by atoms with E-state index in [-0.39, 0.29) is 24.7 Å². The highest BCUT2D eigenvalue weighted by Gasteiger charge is 2.13. The Bertz CT molecular complexity index is 769. The highest BCUT2D eigenvalue weighted by atomic mass is 32.1. The summed E-state index contributed by atoms with van der Waals surface area (Å²) in [4.78, 5) is 22.3.